The van der Waals surface area contributed by atoms with Crippen LogP contribution in [0, 0.1) is 13.8 Å². The topological polar surface area (TPSA) is 66.5 Å². The molecule has 0 saturated carbocycles. The smallest absolute Gasteiger partial charge is 0.255 e. The van der Waals surface area contributed by atoms with Crippen LogP contribution in [0.15, 0.2) is 42.5 Å². The van der Waals surface area contributed by atoms with Crippen LogP contribution in [0.2, 0.25) is 0 Å². The van der Waals surface area contributed by atoms with Crippen molar-refractivity contribution in [3.8, 4) is 0 Å². The zero-order valence-electron chi connectivity index (χ0n) is 13.6. The summed E-state index contributed by atoms with van der Waals surface area (Å²) in [6.07, 6.45) is 0.487. The molecule has 1 N–H and O–H groups in total. The summed E-state index contributed by atoms with van der Waals surface area (Å²) in [5.74, 6) is -0.626. The van der Waals surface area contributed by atoms with Gasteiger partial charge in [-0.1, -0.05) is 18.2 Å². The van der Waals surface area contributed by atoms with Gasteiger partial charge >= 0.3 is 0 Å². The van der Waals surface area contributed by atoms with Crippen molar-refractivity contribution in [2.45, 2.75) is 26.7 Å². The Bertz CT molecular complexity index is 789. The summed E-state index contributed by atoms with van der Waals surface area (Å²) in [4.78, 5) is 37.1. The third kappa shape index (κ3) is 2.93. The number of anilines is 2. The van der Waals surface area contributed by atoms with Crippen molar-refractivity contribution < 1.29 is 14.4 Å². The van der Waals surface area contributed by atoms with Crippen LogP contribution in [-0.2, 0) is 9.59 Å². The largest absolute Gasteiger partial charge is 0.322 e. The molecule has 2 aromatic carbocycles. The van der Waals surface area contributed by atoms with Gasteiger partial charge in [-0.2, -0.15) is 0 Å². The number of carbonyl (C=O) groups is 3. The lowest BCUT2D eigenvalue weighted by atomic mass is 10.1. The molecule has 0 aromatic heterocycles. The van der Waals surface area contributed by atoms with Gasteiger partial charge in [0, 0.05) is 24.1 Å². The molecule has 0 bridgehead atoms. The number of imide groups is 1. The number of nitrogens with zero attached hydrogens (tertiary/aromatic N) is 1. The minimum atomic E-state index is -0.224. The van der Waals surface area contributed by atoms with E-state index in [1.807, 2.05) is 32.0 Å². The van der Waals surface area contributed by atoms with E-state index in [4.69, 9.17) is 0 Å². The Kier molecular flexibility index (Phi) is 4.16. The number of aryl methyl sites for hydroxylation is 2. The highest BCUT2D eigenvalue weighted by molar-refractivity contribution is 6.20. The highest BCUT2D eigenvalue weighted by atomic mass is 16.2. The van der Waals surface area contributed by atoms with E-state index in [0.29, 0.717) is 11.3 Å². The lowest BCUT2D eigenvalue weighted by Gasteiger charge is -2.15. The fraction of sp³-hybridized carbons (Fsp3) is 0.211. The summed E-state index contributed by atoms with van der Waals surface area (Å²) in [5, 5.41) is 2.91. The van der Waals surface area contributed by atoms with Crippen molar-refractivity contribution in [2.75, 3.05) is 10.2 Å². The average molecular weight is 322 g/mol. The van der Waals surface area contributed by atoms with E-state index in [9.17, 15) is 14.4 Å². The summed E-state index contributed by atoms with van der Waals surface area (Å²) < 4.78 is 0. The summed E-state index contributed by atoms with van der Waals surface area (Å²) in [6, 6.07) is 12.3. The summed E-state index contributed by atoms with van der Waals surface area (Å²) >= 11 is 0. The zero-order chi connectivity index (χ0) is 17.3. The minimum absolute atomic E-state index is 0.201. The Morgan fingerprint density at radius 2 is 1.46 bits per heavy atom. The Balaban J connectivity index is 1.79. The van der Waals surface area contributed by atoms with Crippen molar-refractivity contribution in [3.63, 3.8) is 0 Å². The molecule has 3 amide bonds. The molecule has 0 radical (unpaired) electrons. The highest BCUT2D eigenvalue weighted by Crippen LogP contribution is 2.24. The first-order valence-corrected chi connectivity index (χ1v) is 7.81. The molecular formula is C19H18N2O3. The standard InChI is InChI=1S/C19H18N2O3/c1-12-4-3-5-13(2)18(12)20-19(24)14-6-8-15(9-7-14)21-16(22)10-11-17(21)23/h3-9H,10-11H2,1-2H3,(H,20,24). The van der Waals surface area contributed by atoms with Crippen molar-refractivity contribution in [2.24, 2.45) is 0 Å². The number of carbonyl (C=O) groups excluding carboxylic acids is 3. The van der Waals surface area contributed by atoms with Gasteiger partial charge in [0.2, 0.25) is 11.8 Å². The predicted molar refractivity (Wildman–Crippen MR) is 92.0 cm³/mol. The quantitative estimate of drug-likeness (QED) is 0.882. The second-order valence-electron chi connectivity index (χ2n) is 5.89. The van der Waals surface area contributed by atoms with Crippen molar-refractivity contribution >= 4 is 29.1 Å². The first kappa shape index (κ1) is 15.9. The Morgan fingerprint density at radius 1 is 0.917 bits per heavy atom. The van der Waals surface area contributed by atoms with E-state index in [0.717, 1.165) is 16.8 Å². The Labute approximate surface area is 140 Å². The van der Waals surface area contributed by atoms with Crippen LogP contribution in [0.5, 0.6) is 0 Å². The second-order valence-corrected chi connectivity index (χ2v) is 5.89. The SMILES string of the molecule is Cc1cccc(C)c1NC(=O)c1ccc(N2C(=O)CCC2=O)cc1. The maximum absolute atomic E-state index is 12.4. The number of para-hydroxylation sites is 1. The molecule has 0 aliphatic carbocycles. The summed E-state index contributed by atoms with van der Waals surface area (Å²) in [7, 11) is 0. The molecule has 5 heteroatoms. The number of hydrogen-bond donors (Lipinski definition) is 1. The summed E-state index contributed by atoms with van der Waals surface area (Å²) in [6.45, 7) is 3.88. The van der Waals surface area contributed by atoms with E-state index in [1.54, 1.807) is 24.3 Å². The molecular weight excluding hydrogens is 304 g/mol. The summed E-state index contributed by atoms with van der Waals surface area (Å²) in [5.41, 5.74) is 3.77. The van der Waals surface area contributed by atoms with Gasteiger partial charge < -0.3 is 5.32 Å². The molecule has 1 aliphatic heterocycles. The molecule has 1 saturated heterocycles. The predicted octanol–water partition coefficient (Wildman–Crippen LogP) is 3.21. The molecule has 1 fully saturated rings. The van der Waals surface area contributed by atoms with E-state index >= 15 is 0 Å². The molecule has 122 valence electrons. The van der Waals surface area contributed by atoms with Gasteiger partial charge in [-0.15, -0.1) is 0 Å². The lowest BCUT2D eigenvalue weighted by molar-refractivity contribution is -0.121. The Morgan fingerprint density at radius 3 is 2.00 bits per heavy atom. The van der Waals surface area contributed by atoms with Gasteiger partial charge in [-0.3, -0.25) is 19.3 Å². The van der Waals surface area contributed by atoms with Gasteiger partial charge in [0.1, 0.15) is 0 Å². The van der Waals surface area contributed by atoms with E-state index < -0.39 is 0 Å². The maximum Gasteiger partial charge on any atom is 0.255 e. The van der Waals surface area contributed by atoms with Gasteiger partial charge in [0.15, 0.2) is 0 Å². The molecule has 3 rings (SSSR count). The lowest BCUT2D eigenvalue weighted by Crippen LogP contribution is -2.28. The minimum Gasteiger partial charge on any atom is -0.322 e. The molecule has 24 heavy (non-hydrogen) atoms. The van der Waals surface area contributed by atoms with E-state index in [1.165, 1.54) is 4.90 Å². The van der Waals surface area contributed by atoms with Crippen LogP contribution < -0.4 is 10.2 Å². The number of hydrogen-bond acceptors (Lipinski definition) is 3. The Hall–Kier alpha value is -2.95. The zero-order valence-corrected chi connectivity index (χ0v) is 13.6. The maximum atomic E-state index is 12.4. The molecule has 1 aliphatic rings. The van der Waals surface area contributed by atoms with Crippen molar-refractivity contribution in [3.05, 3.63) is 59.2 Å². The molecule has 0 atom stereocenters. The second kappa shape index (κ2) is 6.28. The number of amides is 3. The van der Waals surface area contributed by atoms with Crippen LogP contribution in [0.1, 0.15) is 34.3 Å². The number of nitrogens with one attached hydrogen (secondary N) is 1. The van der Waals surface area contributed by atoms with Crippen LogP contribution in [-0.4, -0.2) is 17.7 Å². The van der Waals surface area contributed by atoms with Crippen molar-refractivity contribution in [1.29, 1.82) is 0 Å². The van der Waals surface area contributed by atoms with Crippen LogP contribution in [0.25, 0.3) is 0 Å². The highest BCUT2D eigenvalue weighted by Gasteiger charge is 2.30. The number of benzene rings is 2. The van der Waals surface area contributed by atoms with Gasteiger partial charge in [0.25, 0.3) is 5.91 Å². The van der Waals surface area contributed by atoms with E-state index in [-0.39, 0.29) is 30.6 Å². The van der Waals surface area contributed by atoms with Crippen LogP contribution in [0.3, 0.4) is 0 Å². The third-order valence-corrected chi connectivity index (χ3v) is 4.16. The van der Waals surface area contributed by atoms with Crippen LogP contribution in [0.4, 0.5) is 11.4 Å². The fourth-order valence-electron chi connectivity index (χ4n) is 2.82. The normalized spacial score (nSPS) is 14.2. The molecule has 2 aromatic rings. The average Bonchev–Trinajstić information content (AvgIpc) is 2.90. The van der Waals surface area contributed by atoms with Gasteiger partial charge in [-0.25, -0.2) is 0 Å². The first-order valence-electron chi connectivity index (χ1n) is 7.81. The monoisotopic (exact) mass is 322 g/mol. The molecule has 0 spiro atoms. The van der Waals surface area contributed by atoms with Crippen molar-refractivity contribution in [1.82, 2.24) is 0 Å². The first-order chi connectivity index (χ1) is 11.5. The molecule has 1 heterocycles. The van der Waals surface area contributed by atoms with E-state index in [2.05, 4.69) is 5.32 Å². The van der Waals surface area contributed by atoms with Crippen LogP contribution >= 0.6 is 0 Å². The van der Waals surface area contributed by atoms with Gasteiger partial charge in [0.05, 0.1) is 5.69 Å². The molecule has 0 unspecified atom stereocenters. The van der Waals surface area contributed by atoms with Gasteiger partial charge in [-0.05, 0) is 49.2 Å². The number of rotatable bonds is 3. The molecule has 5 nitrogen and oxygen atoms in total. The fourth-order valence-corrected chi connectivity index (χ4v) is 2.82. The third-order valence-electron chi connectivity index (χ3n) is 4.16.